The monoisotopic (exact) mass is 301 g/mol. The zero-order valence-corrected chi connectivity index (χ0v) is 13.3. The van der Waals surface area contributed by atoms with E-state index in [2.05, 4.69) is 4.72 Å². The number of nitrogens with one attached hydrogen (secondary N) is 1. The smallest absolute Gasteiger partial charge is 0.240 e. The number of rotatable bonds is 7. The van der Waals surface area contributed by atoms with Gasteiger partial charge < -0.3 is 9.84 Å². The topological polar surface area (TPSA) is 75.6 Å². The number of aliphatic hydroxyl groups is 1. The Bertz CT molecular complexity index is 555. The van der Waals surface area contributed by atoms with Crippen LogP contribution in [0.15, 0.2) is 17.0 Å². The Kier molecular flexibility index (Phi) is 6.13. The first kappa shape index (κ1) is 17.1. The van der Waals surface area contributed by atoms with Gasteiger partial charge in [0.1, 0.15) is 0 Å². The van der Waals surface area contributed by atoms with Crippen LogP contribution in [0, 0.1) is 19.8 Å². The number of sulfonamides is 1. The lowest BCUT2D eigenvalue weighted by atomic mass is 10.1. The van der Waals surface area contributed by atoms with Crippen molar-refractivity contribution in [3.8, 4) is 0 Å². The van der Waals surface area contributed by atoms with Crippen LogP contribution in [0.1, 0.15) is 23.6 Å². The van der Waals surface area contributed by atoms with E-state index >= 15 is 0 Å². The summed E-state index contributed by atoms with van der Waals surface area (Å²) in [5, 5.41) is 9.20. The molecule has 0 aliphatic heterocycles. The second-order valence-corrected chi connectivity index (χ2v) is 6.84. The maximum Gasteiger partial charge on any atom is 0.240 e. The number of aliphatic hydroxyl groups excluding tert-OH is 1. The number of ether oxygens (including phenoxy) is 1. The van der Waals surface area contributed by atoms with Crippen molar-refractivity contribution in [1.82, 2.24) is 4.72 Å². The summed E-state index contributed by atoms with van der Waals surface area (Å²) >= 11 is 0. The van der Waals surface area contributed by atoms with Crippen molar-refractivity contribution in [2.45, 2.75) is 32.3 Å². The van der Waals surface area contributed by atoms with Gasteiger partial charge in [0.05, 0.1) is 11.5 Å². The van der Waals surface area contributed by atoms with Crippen LogP contribution in [0.5, 0.6) is 0 Å². The third-order valence-electron chi connectivity index (χ3n) is 3.22. The first-order valence-corrected chi connectivity index (χ1v) is 7.99. The van der Waals surface area contributed by atoms with Gasteiger partial charge in [-0.1, -0.05) is 13.0 Å². The Hall–Kier alpha value is -0.950. The van der Waals surface area contributed by atoms with Crippen LogP contribution in [-0.2, 0) is 21.4 Å². The second kappa shape index (κ2) is 7.17. The van der Waals surface area contributed by atoms with Crippen molar-refractivity contribution in [3.63, 3.8) is 0 Å². The van der Waals surface area contributed by atoms with E-state index in [1.165, 1.54) is 6.07 Å². The van der Waals surface area contributed by atoms with Crippen LogP contribution >= 0.6 is 0 Å². The van der Waals surface area contributed by atoms with E-state index in [-0.39, 0.29) is 17.4 Å². The van der Waals surface area contributed by atoms with Crippen molar-refractivity contribution in [3.05, 3.63) is 28.8 Å². The van der Waals surface area contributed by atoms with Gasteiger partial charge >= 0.3 is 0 Å². The molecular weight excluding hydrogens is 278 g/mol. The Balaban J connectivity index is 3.00. The number of benzene rings is 1. The number of methoxy groups -OCH3 is 1. The van der Waals surface area contributed by atoms with Crippen molar-refractivity contribution in [1.29, 1.82) is 0 Å². The quantitative estimate of drug-likeness (QED) is 0.797. The standard InChI is InChI=1S/C14H23NO4S/c1-10(9-19-4)7-15-20(17,18)14-6-13(8-16)5-11(2)12(14)3/h5-6,10,15-16H,7-9H2,1-4H3. The van der Waals surface area contributed by atoms with Gasteiger partial charge in [0.15, 0.2) is 0 Å². The molecule has 0 aliphatic rings. The first-order chi connectivity index (χ1) is 9.31. The fraction of sp³-hybridized carbons (Fsp3) is 0.571. The average molecular weight is 301 g/mol. The second-order valence-electron chi connectivity index (χ2n) is 5.11. The van der Waals surface area contributed by atoms with Gasteiger partial charge in [-0.2, -0.15) is 0 Å². The van der Waals surface area contributed by atoms with Crippen LogP contribution in [0.3, 0.4) is 0 Å². The lowest BCUT2D eigenvalue weighted by molar-refractivity contribution is 0.161. The third-order valence-corrected chi connectivity index (χ3v) is 4.77. The molecule has 1 aromatic rings. The average Bonchev–Trinajstić information content (AvgIpc) is 2.39. The van der Waals surface area contributed by atoms with E-state index in [1.54, 1.807) is 20.1 Å². The molecule has 0 saturated heterocycles. The molecule has 5 nitrogen and oxygen atoms in total. The summed E-state index contributed by atoms with van der Waals surface area (Å²) < 4.78 is 32.3. The Labute approximate surface area is 121 Å². The molecule has 20 heavy (non-hydrogen) atoms. The summed E-state index contributed by atoms with van der Waals surface area (Å²) in [6.07, 6.45) is 0. The van der Waals surface area contributed by atoms with Gasteiger partial charge in [-0.05, 0) is 42.5 Å². The summed E-state index contributed by atoms with van der Waals surface area (Å²) in [6, 6.07) is 3.31. The summed E-state index contributed by atoms with van der Waals surface area (Å²) in [7, 11) is -1.99. The molecular formula is C14H23NO4S. The fourth-order valence-electron chi connectivity index (χ4n) is 1.94. The lowest BCUT2D eigenvalue weighted by Crippen LogP contribution is -2.30. The van der Waals surface area contributed by atoms with Crippen LogP contribution in [0.4, 0.5) is 0 Å². The Morgan fingerprint density at radius 2 is 2.00 bits per heavy atom. The van der Waals surface area contributed by atoms with Gasteiger partial charge in [0, 0.05) is 20.3 Å². The fourth-order valence-corrected chi connectivity index (χ4v) is 3.47. The van der Waals surface area contributed by atoms with Crippen LogP contribution in [-0.4, -0.2) is 33.8 Å². The van der Waals surface area contributed by atoms with E-state index in [1.807, 2.05) is 13.8 Å². The predicted octanol–water partition coefficient (Wildman–Crippen LogP) is 1.36. The summed E-state index contributed by atoms with van der Waals surface area (Å²) in [4.78, 5) is 0.228. The Morgan fingerprint density at radius 1 is 1.35 bits per heavy atom. The largest absolute Gasteiger partial charge is 0.392 e. The van der Waals surface area contributed by atoms with Crippen molar-refractivity contribution < 1.29 is 18.3 Å². The Morgan fingerprint density at radius 3 is 2.55 bits per heavy atom. The molecule has 1 aromatic carbocycles. The summed E-state index contributed by atoms with van der Waals surface area (Å²) in [5.41, 5.74) is 2.15. The third kappa shape index (κ3) is 4.28. The van der Waals surface area contributed by atoms with Crippen LogP contribution in [0.2, 0.25) is 0 Å². The predicted molar refractivity (Wildman–Crippen MR) is 78.1 cm³/mol. The minimum absolute atomic E-state index is 0.0946. The van der Waals surface area contributed by atoms with Crippen molar-refractivity contribution in [2.24, 2.45) is 5.92 Å². The van der Waals surface area contributed by atoms with Crippen molar-refractivity contribution in [2.75, 3.05) is 20.3 Å². The summed E-state index contributed by atoms with van der Waals surface area (Å²) in [5.74, 6) is 0.0946. The zero-order valence-electron chi connectivity index (χ0n) is 12.4. The molecule has 6 heteroatoms. The van der Waals surface area contributed by atoms with E-state index in [4.69, 9.17) is 4.74 Å². The molecule has 0 fully saturated rings. The SMILES string of the molecule is COCC(C)CNS(=O)(=O)c1cc(CO)cc(C)c1C. The minimum Gasteiger partial charge on any atom is -0.392 e. The van der Waals surface area contributed by atoms with Crippen LogP contribution in [0.25, 0.3) is 0 Å². The number of hydrogen-bond acceptors (Lipinski definition) is 4. The highest BCUT2D eigenvalue weighted by molar-refractivity contribution is 7.89. The maximum atomic E-state index is 12.3. The zero-order chi connectivity index (χ0) is 15.3. The lowest BCUT2D eigenvalue weighted by Gasteiger charge is -2.15. The van der Waals surface area contributed by atoms with Gasteiger partial charge in [-0.15, -0.1) is 0 Å². The molecule has 1 rings (SSSR count). The molecule has 1 unspecified atom stereocenters. The molecule has 0 bridgehead atoms. The highest BCUT2D eigenvalue weighted by Crippen LogP contribution is 2.21. The van der Waals surface area contributed by atoms with Crippen LogP contribution < -0.4 is 4.72 Å². The maximum absolute atomic E-state index is 12.3. The first-order valence-electron chi connectivity index (χ1n) is 6.51. The summed E-state index contributed by atoms with van der Waals surface area (Å²) in [6.45, 7) is 6.15. The molecule has 0 aliphatic carbocycles. The highest BCUT2D eigenvalue weighted by Gasteiger charge is 2.19. The molecule has 0 radical (unpaired) electrons. The minimum atomic E-state index is -3.58. The normalized spacial score (nSPS) is 13.4. The van der Waals surface area contributed by atoms with Gasteiger partial charge in [-0.3, -0.25) is 0 Å². The molecule has 0 heterocycles. The molecule has 1 atom stereocenters. The van der Waals surface area contributed by atoms with Gasteiger partial charge in [0.2, 0.25) is 10.0 Å². The van der Waals surface area contributed by atoms with E-state index in [0.29, 0.717) is 24.3 Å². The van der Waals surface area contributed by atoms with Gasteiger partial charge in [-0.25, -0.2) is 13.1 Å². The highest BCUT2D eigenvalue weighted by atomic mass is 32.2. The molecule has 0 saturated carbocycles. The van der Waals surface area contributed by atoms with Crippen molar-refractivity contribution >= 4 is 10.0 Å². The molecule has 114 valence electrons. The molecule has 0 spiro atoms. The number of aryl methyl sites for hydroxylation is 1. The molecule has 0 aromatic heterocycles. The number of hydrogen-bond donors (Lipinski definition) is 2. The van der Waals surface area contributed by atoms with Gasteiger partial charge in [0.25, 0.3) is 0 Å². The van der Waals surface area contributed by atoms with E-state index in [9.17, 15) is 13.5 Å². The van der Waals surface area contributed by atoms with E-state index < -0.39 is 10.0 Å². The van der Waals surface area contributed by atoms with E-state index in [0.717, 1.165) is 5.56 Å². The molecule has 2 N–H and O–H groups in total. The molecule has 0 amide bonds.